The fraction of sp³-hybridized carbons (Fsp3) is 0. The van der Waals surface area contributed by atoms with Crippen LogP contribution in [0.25, 0.3) is 117 Å². The van der Waals surface area contributed by atoms with E-state index in [2.05, 4.69) is 435 Å². The monoisotopic (exact) mass is 1370 g/mol. The van der Waals surface area contributed by atoms with E-state index in [9.17, 15) is 0 Å². The van der Waals surface area contributed by atoms with E-state index in [0.717, 1.165) is 111 Å². The second-order valence-corrected chi connectivity index (χ2v) is 34.8. The Morgan fingerprint density at radius 2 is 0.410 bits per heavy atom. The fourth-order valence-electron chi connectivity index (χ4n) is 16.2. The second kappa shape index (κ2) is 28.0. The van der Waals surface area contributed by atoms with Crippen LogP contribution in [0.2, 0.25) is 0 Å². The van der Waals surface area contributed by atoms with Gasteiger partial charge in [-0.2, -0.15) is 0 Å². The van der Waals surface area contributed by atoms with Crippen molar-refractivity contribution in [3.8, 4) is 95.2 Å². The molecule has 0 atom stereocenters. The summed E-state index contributed by atoms with van der Waals surface area (Å²) in [5.41, 5.74) is 18.7. The third kappa shape index (κ3) is 12.0. The Hall–Kier alpha value is -13.2. The van der Waals surface area contributed by atoms with Crippen molar-refractivity contribution in [1.82, 2.24) is 14.5 Å². The molecule has 0 aliphatic rings. The average molecular weight is 1370 g/mol. The lowest BCUT2D eigenvalue weighted by molar-refractivity contribution is 1.05. The quantitative estimate of drug-likeness (QED) is 0.0672. The third-order valence-electron chi connectivity index (χ3n) is 21.1. The van der Waals surface area contributed by atoms with Crippen LogP contribution in [0, 0.1) is 0 Å². The minimum atomic E-state index is -3.80. The van der Waals surface area contributed by atoms with Crippen molar-refractivity contribution in [2.45, 2.75) is 0 Å². The van der Waals surface area contributed by atoms with Crippen molar-refractivity contribution in [2.75, 3.05) is 0 Å². The topological polar surface area (TPSA) is 30.7 Å². The van der Waals surface area contributed by atoms with Crippen molar-refractivity contribution < 1.29 is 0 Å². The highest BCUT2D eigenvalue weighted by Crippen LogP contribution is 2.36. The molecule has 0 bridgehead atoms. The highest BCUT2D eigenvalue weighted by atomic mass is 28.3. The van der Waals surface area contributed by atoms with Crippen LogP contribution >= 0.6 is 0 Å². The molecule has 0 aliphatic heterocycles. The van der Waals surface area contributed by atoms with E-state index in [-0.39, 0.29) is 0 Å². The minimum Gasteiger partial charge on any atom is -0.294 e. The van der Waals surface area contributed by atoms with Crippen molar-refractivity contribution in [2.24, 2.45) is 0 Å². The summed E-state index contributed by atoms with van der Waals surface area (Å²) in [6, 6.07) is 161. The zero-order valence-corrected chi connectivity index (χ0v) is 59.8. The maximum Gasteiger partial charge on any atom is 0.179 e. The molecule has 2 heterocycles. The molecule has 494 valence electrons. The first-order valence-electron chi connectivity index (χ1n) is 36.1. The van der Waals surface area contributed by atoms with Gasteiger partial charge in [-0.15, -0.1) is 0 Å². The molecule has 2 aromatic heterocycles. The summed E-state index contributed by atoms with van der Waals surface area (Å²) in [6.45, 7) is 0. The van der Waals surface area contributed by atoms with E-state index in [0.29, 0.717) is 5.82 Å². The van der Waals surface area contributed by atoms with E-state index in [1.54, 1.807) is 0 Å². The number of nitrogens with zero attached hydrogens (tertiary/aromatic N) is 3. The maximum atomic E-state index is 5.96. The lowest BCUT2D eigenvalue weighted by Crippen LogP contribution is -2.78. The normalized spacial score (nSPS) is 11.6. The van der Waals surface area contributed by atoms with Gasteiger partial charge in [0.1, 0.15) is 5.82 Å². The number of aromatic nitrogens is 3. The first-order chi connectivity index (χ1) is 52.0. The van der Waals surface area contributed by atoms with Crippen molar-refractivity contribution in [3.05, 3.63) is 431 Å². The van der Waals surface area contributed by atoms with Gasteiger partial charge in [0, 0.05) is 28.0 Å². The summed E-state index contributed by atoms with van der Waals surface area (Å²) in [6.07, 6.45) is 0. The fourth-order valence-corrected chi connectivity index (χ4v) is 26.1. The lowest BCUT2D eigenvalue weighted by atomic mass is 10.1. The second-order valence-electron chi connectivity index (χ2n) is 27.2. The molecule has 0 N–H and O–H groups in total. The summed E-state index contributed by atoms with van der Waals surface area (Å²) in [7, 11) is -7.61. The van der Waals surface area contributed by atoms with Crippen molar-refractivity contribution in [1.29, 1.82) is 0 Å². The van der Waals surface area contributed by atoms with Gasteiger partial charge in [0.05, 0.1) is 16.7 Å². The molecule has 0 radical (unpaired) electrons. The van der Waals surface area contributed by atoms with Crippen LogP contribution in [-0.4, -0.2) is 30.7 Å². The molecule has 18 rings (SSSR count). The van der Waals surface area contributed by atoms with E-state index < -0.39 is 16.1 Å². The highest BCUT2D eigenvalue weighted by molar-refractivity contribution is 7.22. The van der Waals surface area contributed by atoms with Gasteiger partial charge in [0.15, 0.2) is 22.0 Å². The molecule has 0 unspecified atom stereocenters. The Morgan fingerprint density at radius 1 is 0.171 bits per heavy atom. The van der Waals surface area contributed by atoms with E-state index in [1.807, 2.05) is 0 Å². The van der Waals surface area contributed by atoms with Gasteiger partial charge in [-0.25, -0.2) is 9.97 Å². The largest absolute Gasteiger partial charge is 0.294 e. The van der Waals surface area contributed by atoms with Crippen LogP contribution in [0.15, 0.2) is 431 Å². The molecule has 0 saturated heterocycles. The Bertz CT molecular complexity index is 5410. The van der Waals surface area contributed by atoms with Crippen LogP contribution in [0.3, 0.4) is 0 Å². The Kier molecular flexibility index (Phi) is 17.1. The summed E-state index contributed by atoms with van der Waals surface area (Å²) >= 11 is 0. The Morgan fingerprint density at radius 3 is 0.695 bits per heavy atom. The molecule has 0 saturated carbocycles. The maximum absolute atomic E-state index is 5.96. The summed E-state index contributed by atoms with van der Waals surface area (Å²) < 4.78 is 2.35. The molecule has 3 nitrogen and oxygen atoms in total. The molecule has 105 heavy (non-hydrogen) atoms. The van der Waals surface area contributed by atoms with Crippen LogP contribution in [0.5, 0.6) is 0 Å². The number of fused-ring (bicyclic) bond motifs is 3. The number of rotatable bonds is 17. The van der Waals surface area contributed by atoms with Gasteiger partial charge in [0.2, 0.25) is 0 Å². The van der Waals surface area contributed by atoms with Gasteiger partial charge in [0.25, 0.3) is 0 Å². The van der Waals surface area contributed by atoms with E-state index in [1.165, 1.54) is 41.5 Å². The number of hydrogen-bond donors (Lipinski definition) is 0. The molecule has 0 spiro atoms. The predicted molar refractivity (Wildman–Crippen MR) is 447 cm³/mol. The van der Waals surface area contributed by atoms with Gasteiger partial charge >= 0.3 is 0 Å². The summed E-state index contributed by atoms with van der Waals surface area (Å²) in [5, 5.41) is 12.2. The van der Waals surface area contributed by atoms with Gasteiger partial charge in [-0.1, -0.05) is 413 Å². The van der Waals surface area contributed by atoms with Crippen molar-refractivity contribution >= 4 is 79.4 Å². The third-order valence-corrected chi connectivity index (χ3v) is 30.4. The first kappa shape index (κ1) is 64.0. The van der Waals surface area contributed by atoms with Gasteiger partial charge < -0.3 is 0 Å². The van der Waals surface area contributed by atoms with Crippen molar-refractivity contribution in [3.63, 3.8) is 0 Å². The zero-order chi connectivity index (χ0) is 69.9. The number of benzene rings is 16. The number of hydrogen-bond acceptors (Lipinski definition) is 2. The molecule has 16 aromatic carbocycles. The first-order valence-corrected chi connectivity index (χ1v) is 40.1. The van der Waals surface area contributed by atoms with E-state index >= 15 is 0 Å². The van der Waals surface area contributed by atoms with Crippen LogP contribution in [-0.2, 0) is 0 Å². The van der Waals surface area contributed by atoms with Gasteiger partial charge in [-0.05, 0) is 120 Å². The van der Waals surface area contributed by atoms with Gasteiger partial charge in [-0.3, -0.25) is 4.57 Å². The minimum absolute atomic E-state index is 0.632. The molecule has 0 amide bonds. The average Bonchev–Trinajstić information content (AvgIpc) is 1.24. The number of para-hydroxylation sites is 2. The molecule has 18 aromatic rings. The smallest absolute Gasteiger partial charge is 0.179 e. The van der Waals surface area contributed by atoms with Crippen LogP contribution in [0.1, 0.15) is 0 Å². The molecular weight excluding hydrogens is 1300 g/mol. The highest BCUT2D eigenvalue weighted by Gasteiger charge is 2.47. The Labute approximate surface area is 615 Å². The van der Waals surface area contributed by atoms with E-state index in [4.69, 9.17) is 9.97 Å². The molecule has 5 heteroatoms. The zero-order valence-electron chi connectivity index (χ0n) is 57.8. The molecule has 0 aliphatic carbocycles. The molecule has 0 fully saturated rings. The standard InChI is InChI=1S/C100H71N3Si2/c1-8-32-72(33-9-1)79-46-26-52-86(62-79)104(87-53-27-47-80(63-87)73-34-10-2-11-35-73,88-54-28-48-81(64-88)74-36-12-3-13-37-74)92-68-85(96-71-99(102-100(101-96)78-44-20-7-21-45-78)103-97-60-24-22-58-94(97)95-59-23-25-61-98(95)103)69-93(70-92)105(89-55-29-49-82(65-89)75-38-14-4-15-39-75,90-56-30-50-83(66-90)76-40-16-5-17-41-76)91-57-31-51-84(67-91)77-42-18-6-19-43-77/h1-71H. The summed E-state index contributed by atoms with van der Waals surface area (Å²) in [4.78, 5) is 11.7. The van der Waals surface area contributed by atoms with Crippen LogP contribution < -0.4 is 41.5 Å². The Balaban J connectivity index is 1.06. The molecular formula is C100H71N3Si2. The van der Waals surface area contributed by atoms with Crippen LogP contribution in [0.4, 0.5) is 0 Å². The summed E-state index contributed by atoms with van der Waals surface area (Å²) in [5.74, 6) is 1.41. The SMILES string of the molecule is c1ccc(-c2cccc([Si](c3cccc(-c4ccccc4)c3)(c3cccc(-c4ccccc4)c3)c3cc(-c4cc(-n5c6ccccc6c6ccccc65)nc(-c5ccccc5)n4)cc([Si](c4cccc(-c5ccccc5)c4)(c4cccc(-c5ccccc5)c4)c4cccc(-c5ccccc5)c4)c3)c2)cc1. The lowest BCUT2D eigenvalue weighted by Gasteiger charge is -2.39. The predicted octanol–water partition coefficient (Wildman–Crippen LogP) is 19.7.